The van der Waals surface area contributed by atoms with Crippen LogP contribution in [0.25, 0.3) is 0 Å². The Morgan fingerprint density at radius 3 is 1.30 bits per heavy atom. The molecule has 0 rings (SSSR count). The van der Waals surface area contributed by atoms with Crippen LogP contribution in [0.15, 0.2) is 0 Å². The Labute approximate surface area is 142 Å². The van der Waals surface area contributed by atoms with Gasteiger partial charge < -0.3 is 5.11 Å². The van der Waals surface area contributed by atoms with Gasteiger partial charge in [0.1, 0.15) is 0 Å². The van der Waals surface area contributed by atoms with Gasteiger partial charge in [0.15, 0.2) is 0 Å². The third kappa shape index (κ3) is 23.4. The van der Waals surface area contributed by atoms with Crippen molar-refractivity contribution in [1.82, 2.24) is 0 Å². The Bertz CT molecular complexity index is 189. The van der Waals surface area contributed by atoms with Crippen LogP contribution in [0.2, 0.25) is 0 Å². The predicted octanol–water partition coefficient (Wildman–Crippen LogP) is 5.97. The molecule has 0 heterocycles. The van der Waals surface area contributed by atoms with Crippen LogP contribution >= 0.6 is 12.4 Å². The van der Waals surface area contributed by atoms with E-state index in [4.69, 9.17) is 5.11 Å². The molecule has 1 N–H and O–H groups in total. The molecule has 0 aromatic carbocycles. The summed E-state index contributed by atoms with van der Waals surface area (Å²) in [7, 11) is 0. The minimum Gasteiger partial charge on any atom is -0.481 e. The normalized spacial score (nSPS) is 9.65. The molecule has 0 bridgehead atoms. The Balaban J connectivity index is -0.00000144. The van der Waals surface area contributed by atoms with Crippen LogP contribution in [0.4, 0.5) is 0 Å². The number of carboxylic acids is 1. The zero-order valence-corrected chi connectivity index (χ0v) is 15.2. The summed E-state index contributed by atoms with van der Waals surface area (Å²) in [5.74, 6) is -0.655. The molecule has 0 saturated carbocycles. The van der Waals surface area contributed by atoms with Crippen molar-refractivity contribution in [2.45, 2.75) is 96.8 Å². The fourth-order valence-electron chi connectivity index (χ4n) is 2.29. The quantitative estimate of drug-likeness (QED) is 0.394. The Morgan fingerprint density at radius 1 is 0.700 bits per heavy atom. The number of aliphatic carboxylic acids is 1. The minimum absolute atomic E-state index is 0. The maximum Gasteiger partial charge on any atom is 0.303 e. The van der Waals surface area contributed by atoms with Crippen molar-refractivity contribution in [3.05, 3.63) is 0 Å². The molecular formula is C16H33ClCrO2. The molecule has 122 valence electrons. The van der Waals surface area contributed by atoms with Crippen molar-refractivity contribution >= 4 is 18.4 Å². The molecule has 0 radical (unpaired) electrons. The molecule has 0 aromatic rings. The van der Waals surface area contributed by atoms with E-state index in [-0.39, 0.29) is 29.8 Å². The first-order valence-corrected chi connectivity index (χ1v) is 7.99. The summed E-state index contributed by atoms with van der Waals surface area (Å²) >= 11 is 0. The van der Waals surface area contributed by atoms with E-state index in [0.717, 1.165) is 12.8 Å². The van der Waals surface area contributed by atoms with Crippen LogP contribution in [-0.4, -0.2) is 11.1 Å². The first-order chi connectivity index (χ1) is 8.77. The van der Waals surface area contributed by atoms with Crippen molar-refractivity contribution in [2.24, 2.45) is 0 Å². The molecule has 0 aliphatic heterocycles. The third-order valence-electron chi connectivity index (χ3n) is 3.49. The van der Waals surface area contributed by atoms with Gasteiger partial charge in [0.25, 0.3) is 0 Å². The van der Waals surface area contributed by atoms with Gasteiger partial charge >= 0.3 is 5.97 Å². The largest absolute Gasteiger partial charge is 0.481 e. The summed E-state index contributed by atoms with van der Waals surface area (Å²) in [6.45, 7) is 2.26. The van der Waals surface area contributed by atoms with Crippen LogP contribution < -0.4 is 0 Å². The molecule has 0 aliphatic rings. The molecule has 0 atom stereocenters. The number of hydrogen-bond donors (Lipinski definition) is 1. The summed E-state index contributed by atoms with van der Waals surface area (Å²) in [6, 6.07) is 0. The zero-order chi connectivity index (χ0) is 13.5. The van der Waals surface area contributed by atoms with E-state index >= 15 is 0 Å². The molecule has 20 heavy (non-hydrogen) atoms. The average molecular weight is 345 g/mol. The SMILES string of the molecule is CCCCCCCCCCCCCCCC(=O)O.Cl.[Cr]. The second kappa shape index (κ2) is 21.6. The molecule has 0 saturated heterocycles. The van der Waals surface area contributed by atoms with Crippen LogP contribution in [-0.2, 0) is 22.2 Å². The summed E-state index contributed by atoms with van der Waals surface area (Å²) in [5, 5.41) is 8.49. The maximum absolute atomic E-state index is 10.3. The van der Waals surface area contributed by atoms with E-state index < -0.39 is 5.97 Å². The second-order valence-corrected chi connectivity index (χ2v) is 5.39. The van der Waals surface area contributed by atoms with Crippen molar-refractivity contribution in [1.29, 1.82) is 0 Å². The topological polar surface area (TPSA) is 37.3 Å². The Morgan fingerprint density at radius 2 is 1.00 bits per heavy atom. The monoisotopic (exact) mass is 344 g/mol. The Kier molecular flexibility index (Phi) is 27.3. The van der Waals surface area contributed by atoms with E-state index in [1.54, 1.807) is 0 Å². The first-order valence-electron chi connectivity index (χ1n) is 7.99. The summed E-state index contributed by atoms with van der Waals surface area (Å²) in [4.78, 5) is 10.3. The zero-order valence-electron chi connectivity index (χ0n) is 13.1. The van der Waals surface area contributed by atoms with Crippen LogP contribution in [0.1, 0.15) is 96.8 Å². The summed E-state index contributed by atoms with van der Waals surface area (Å²) in [5.41, 5.74) is 0. The van der Waals surface area contributed by atoms with Gasteiger partial charge in [0, 0.05) is 23.8 Å². The molecule has 4 heteroatoms. The standard InChI is InChI=1S/C16H32O2.ClH.Cr/c1-2-3-4-5-6-7-8-9-10-11-12-13-14-15-16(17)18;;/h2-15H2,1H3,(H,17,18);1H;. The van der Waals surface area contributed by atoms with Crippen molar-refractivity contribution in [3.8, 4) is 0 Å². The number of carbonyl (C=O) groups is 1. The molecule has 0 fully saturated rings. The predicted molar refractivity (Wildman–Crippen MR) is 85.2 cm³/mol. The van der Waals surface area contributed by atoms with E-state index in [0.29, 0.717) is 6.42 Å². The van der Waals surface area contributed by atoms with Crippen molar-refractivity contribution in [2.75, 3.05) is 0 Å². The van der Waals surface area contributed by atoms with Gasteiger partial charge in [0.05, 0.1) is 0 Å². The minimum atomic E-state index is -0.655. The summed E-state index contributed by atoms with van der Waals surface area (Å²) in [6.07, 6.45) is 17.3. The van der Waals surface area contributed by atoms with Crippen LogP contribution in [0, 0.1) is 0 Å². The maximum atomic E-state index is 10.3. The van der Waals surface area contributed by atoms with Gasteiger partial charge in [-0.3, -0.25) is 4.79 Å². The molecule has 0 aromatic heterocycles. The molecule has 0 aliphatic carbocycles. The molecule has 0 spiro atoms. The molecular weight excluding hydrogens is 312 g/mol. The van der Waals surface area contributed by atoms with Crippen LogP contribution in [0.3, 0.4) is 0 Å². The van der Waals surface area contributed by atoms with Crippen LogP contribution in [0.5, 0.6) is 0 Å². The van der Waals surface area contributed by atoms with E-state index in [9.17, 15) is 4.79 Å². The number of halogens is 1. The van der Waals surface area contributed by atoms with Gasteiger partial charge in [-0.2, -0.15) is 0 Å². The molecule has 2 nitrogen and oxygen atoms in total. The van der Waals surface area contributed by atoms with E-state index in [1.165, 1.54) is 70.6 Å². The Hall–Kier alpha value is 0.292. The van der Waals surface area contributed by atoms with Gasteiger partial charge in [-0.25, -0.2) is 0 Å². The van der Waals surface area contributed by atoms with E-state index in [1.807, 2.05) is 0 Å². The number of rotatable bonds is 14. The second-order valence-electron chi connectivity index (χ2n) is 5.39. The smallest absolute Gasteiger partial charge is 0.303 e. The number of unbranched alkanes of at least 4 members (excludes halogenated alkanes) is 12. The first kappa shape index (κ1) is 25.3. The van der Waals surface area contributed by atoms with Gasteiger partial charge in [-0.1, -0.05) is 84.0 Å². The molecule has 0 amide bonds. The van der Waals surface area contributed by atoms with Gasteiger partial charge in [0.2, 0.25) is 0 Å². The average Bonchev–Trinajstić information content (AvgIpc) is 2.34. The van der Waals surface area contributed by atoms with E-state index in [2.05, 4.69) is 6.92 Å². The number of hydrogen-bond acceptors (Lipinski definition) is 1. The van der Waals surface area contributed by atoms with Crippen molar-refractivity contribution in [3.63, 3.8) is 0 Å². The fourth-order valence-corrected chi connectivity index (χ4v) is 2.29. The third-order valence-corrected chi connectivity index (χ3v) is 3.49. The number of carboxylic acid groups (broad SMARTS) is 1. The van der Waals surface area contributed by atoms with Gasteiger partial charge in [-0.15, -0.1) is 12.4 Å². The summed E-state index contributed by atoms with van der Waals surface area (Å²) < 4.78 is 0. The molecule has 0 unspecified atom stereocenters. The van der Waals surface area contributed by atoms with Gasteiger partial charge in [-0.05, 0) is 6.42 Å². The fraction of sp³-hybridized carbons (Fsp3) is 0.938. The van der Waals surface area contributed by atoms with Crippen molar-refractivity contribution < 1.29 is 27.3 Å².